The maximum atomic E-state index is 11.6. The van der Waals surface area contributed by atoms with Crippen LogP contribution in [0, 0.1) is 0 Å². The van der Waals surface area contributed by atoms with Crippen molar-refractivity contribution in [2.24, 2.45) is 0 Å². The minimum atomic E-state index is -0.577. The van der Waals surface area contributed by atoms with Gasteiger partial charge in [0.25, 0.3) is 0 Å². The van der Waals surface area contributed by atoms with Crippen molar-refractivity contribution in [3.63, 3.8) is 0 Å². The average Bonchev–Trinajstić information content (AvgIpc) is 2.52. The summed E-state index contributed by atoms with van der Waals surface area (Å²) in [5, 5.41) is 18.7. The number of urea groups is 1. The van der Waals surface area contributed by atoms with Crippen LogP contribution in [0.15, 0.2) is 24.3 Å². The van der Waals surface area contributed by atoms with Crippen molar-refractivity contribution in [3.05, 3.63) is 24.3 Å². The van der Waals surface area contributed by atoms with Crippen LogP contribution in [-0.2, 0) is 0 Å². The first-order chi connectivity index (χ1) is 11.3. The zero-order valence-corrected chi connectivity index (χ0v) is 15.2. The minimum absolute atomic E-state index is 0.0357. The van der Waals surface area contributed by atoms with E-state index in [0.717, 1.165) is 12.8 Å². The molecular formula is C18H31N3O3. The molecule has 1 aromatic carbocycles. The molecule has 0 saturated heterocycles. The largest absolute Gasteiger partial charge is 0.491 e. The number of hydrogen-bond donors (Lipinski definition) is 4. The number of benzene rings is 1. The molecule has 1 atom stereocenters. The fourth-order valence-electron chi connectivity index (χ4n) is 1.86. The summed E-state index contributed by atoms with van der Waals surface area (Å²) < 4.78 is 5.55. The highest BCUT2D eigenvalue weighted by molar-refractivity contribution is 5.89. The first kappa shape index (κ1) is 20.3. The molecule has 0 aliphatic heterocycles. The van der Waals surface area contributed by atoms with E-state index in [1.54, 1.807) is 24.3 Å². The van der Waals surface area contributed by atoms with Crippen LogP contribution in [0.5, 0.6) is 5.75 Å². The molecule has 4 N–H and O–H groups in total. The molecule has 0 bridgehead atoms. The van der Waals surface area contributed by atoms with E-state index in [2.05, 4.69) is 22.9 Å². The summed E-state index contributed by atoms with van der Waals surface area (Å²) in [5.74, 6) is 0.654. The lowest BCUT2D eigenvalue weighted by Crippen LogP contribution is -2.42. The van der Waals surface area contributed by atoms with Gasteiger partial charge in [-0.3, -0.25) is 0 Å². The van der Waals surface area contributed by atoms with E-state index in [9.17, 15) is 9.90 Å². The number of nitrogens with one attached hydrogen (secondary N) is 3. The third-order valence-corrected chi connectivity index (χ3v) is 3.24. The van der Waals surface area contributed by atoms with Crippen molar-refractivity contribution in [1.82, 2.24) is 10.6 Å². The quantitative estimate of drug-likeness (QED) is 0.522. The van der Waals surface area contributed by atoms with Crippen molar-refractivity contribution in [2.75, 3.05) is 25.0 Å². The average molecular weight is 337 g/mol. The van der Waals surface area contributed by atoms with Gasteiger partial charge in [-0.15, -0.1) is 0 Å². The van der Waals surface area contributed by atoms with Gasteiger partial charge in [-0.1, -0.05) is 13.3 Å². The summed E-state index contributed by atoms with van der Waals surface area (Å²) in [4.78, 5) is 11.6. The highest BCUT2D eigenvalue weighted by atomic mass is 16.5. The zero-order chi connectivity index (χ0) is 18.0. The maximum absolute atomic E-state index is 11.6. The molecule has 136 valence electrons. The summed E-state index contributed by atoms with van der Waals surface area (Å²) in [6.07, 6.45) is 1.43. The van der Waals surface area contributed by atoms with Crippen molar-refractivity contribution >= 4 is 11.7 Å². The van der Waals surface area contributed by atoms with E-state index in [1.807, 2.05) is 20.8 Å². The van der Waals surface area contributed by atoms with Crippen molar-refractivity contribution < 1.29 is 14.6 Å². The van der Waals surface area contributed by atoms with E-state index >= 15 is 0 Å². The lowest BCUT2D eigenvalue weighted by Gasteiger charge is -2.23. The number of carbonyl (C=O) groups excluding carboxylic acids is 1. The molecule has 0 aliphatic rings. The normalized spacial score (nSPS) is 12.5. The Kier molecular flexibility index (Phi) is 8.57. The molecule has 0 fully saturated rings. The lowest BCUT2D eigenvalue weighted by molar-refractivity contribution is 0.100. The second kappa shape index (κ2) is 10.2. The van der Waals surface area contributed by atoms with Crippen LogP contribution in [0.25, 0.3) is 0 Å². The monoisotopic (exact) mass is 337 g/mol. The molecule has 0 heterocycles. The molecule has 2 amide bonds. The SMILES string of the molecule is CCCCNC(=O)Nc1ccc(OC[C@@H](O)CNC(C)(C)C)cc1. The number of amides is 2. The van der Waals surface area contributed by atoms with Crippen LogP contribution in [-0.4, -0.2) is 42.5 Å². The maximum Gasteiger partial charge on any atom is 0.319 e. The van der Waals surface area contributed by atoms with Gasteiger partial charge in [0, 0.05) is 24.3 Å². The van der Waals surface area contributed by atoms with Crippen LogP contribution in [0.2, 0.25) is 0 Å². The van der Waals surface area contributed by atoms with Gasteiger partial charge in [0.05, 0.1) is 0 Å². The molecule has 0 aliphatic carbocycles. The summed E-state index contributed by atoms with van der Waals surface area (Å²) in [7, 11) is 0. The fraction of sp³-hybridized carbons (Fsp3) is 0.611. The smallest absolute Gasteiger partial charge is 0.319 e. The van der Waals surface area contributed by atoms with Crippen LogP contribution >= 0.6 is 0 Å². The Labute approximate surface area is 145 Å². The van der Waals surface area contributed by atoms with E-state index in [-0.39, 0.29) is 18.2 Å². The number of hydrogen-bond acceptors (Lipinski definition) is 4. The molecule has 1 rings (SSSR count). The van der Waals surface area contributed by atoms with E-state index in [0.29, 0.717) is 24.5 Å². The molecule has 24 heavy (non-hydrogen) atoms. The Morgan fingerprint density at radius 2 is 1.92 bits per heavy atom. The van der Waals surface area contributed by atoms with Crippen molar-refractivity contribution in [2.45, 2.75) is 52.2 Å². The van der Waals surface area contributed by atoms with Crippen LogP contribution in [0.4, 0.5) is 10.5 Å². The number of β-amino-alcohol motifs (C(OH)–C–C–N with tert-alkyl or cyclic N) is 1. The first-order valence-electron chi connectivity index (χ1n) is 8.51. The molecule has 1 aromatic rings. The van der Waals surface area contributed by atoms with Crippen molar-refractivity contribution in [3.8, 4) is 5.75 Å². The lowest BCUT2D eigenvalue weighted by atomic mass is 10.1. The second-order valence-corrected chi connectivity index (χ2v) is 6.85. The second-order valence-electron chi connectivity index (χ2n) is 6.85. The number of rotatable bonds is 9. The number of carbonyl (C=O) groups is 1. The third kappa shape index (κ3) is 9.37. The summed E-state index contributed by atoms with van der Waals surface area (Å²) in [6.45, 7) is 9.58. The number of anilines is 1. The fourth-order valence-corrected chi connectivity index (χ4v) is 1.86. The van der Waals surface area contributed by atoms with Crippen LogP contribution < -0.4 is 20.7 Å². The predicted molar refractivity (Wildman–Crippen MR) is 97.6 cm³/mol. The molecule has 6 nitrogen and oxygen atoms in total. The Hall–Kier alpha value is -1.79. The van der Waals surface area contributed by atoms with E-state index in [4.69, 9.17) is 4.74 Å². The Balaban J connectivity index is 2.32. The highest BCUT2D eigenvalue weighted by Gasteiger charge is 2.12. The summed E-state index contributed by atoms with van der Waals surface area (Å²) >= 11 is 0. The van der Waals surface area contributed by atoms with Gasteiger partial charge in [0.1, 0.15) is 18.5 Å². The van der Waals surface area contributed by atoms with Gasteiger partial charge < -0.3 is 25.8 Å². The van der Waals surface area contributed by atoms with Crippen molar-refractivity contribution in [1.29, 1.82) is 0 Å². The first-order valence-corrected chi connectivity index (χ1v) is 8.51. The molecule has 0 spiro atoms. The standard InChI is InChI=1S/C18H31N3O3/c1-5-6-11-19-17(23)21-14-7-9-16(10-8-14)24-13-15(22)12-20-18(2,3)4/h7-10,15,20,22H,5-6,11-13H2,1-4H3,(H2,19,21,23)/t15-/m0/s1. The minimum Gasteiger partial charge on any atom is -0.491 e. The van der Waals surface area contributed by atoms with Gasteiger partial charge >= 0.3 is 6.03 Å². The summed E-state index contributed by atoms with van der Waals surface area (Å²) in [5.41, 5.74) is 0.665. The van der Waals surface area contributed by atoms with Gasteiger partial charge in [-0.2, -0.15) is 0 Å². The molecule has 0 aromatic heterocycles. The highest BCUT2D eigenvalue weighted by Crippen LogP contribution is 2.15. The Morgan fingerprint density at radius 1 is 1.25 bits per heavy atom. The van der Waals surface area contributed by atoms with Gasteiger partial charge in [-0.25, -0.2) is 4.79 Å². The van der Waals surface area contributed by atoms with E-state index in [1.165, 1.54) is 0 Å². The molecule has 0 saturated carbocycles. The zero-order valence-electron chi connectivity index (χ0n) is 15.2. The number of aliphatic hydroxyl groups is 1. The van der Waals surface area contributed by atoms with Gasteiger partial charge in [-0.05, 0) is 51.5 Å². The predicted octanol–water partition coefficient (Wildman–Crippen LogP) is 2.74. The summed E-state index contributed by atoms with van der Waals surface area (Å²) in [6, 6.07) is 6.88. The van der Waals surface area contributed by atoms with Gasteiger partial charge in [0.15, 0.2) is 0 Å². The molecule has 0 radical (unpaired) electrons. The Bertz CT molecular complexity index is 483. The van der Waals surface area contributed by atoms with E-state index < -0.39 is 6.10 Å². The number of ether oxygens (including phenoxy) is 1. The number of aliphatic hydroxyl groups excluding tert-OH is 1. The molecule has 0 unspecified atom stereocenters. The Morgan fingerprint density at radius 3 is 2.50 bits per heavy atom. The third-order valence-electron chi connectivity index (χ3n) is 3.24. The van der Waals surface area contributed by atoms with Crippen LogP contribution in [0.3, 0.4) is 0 Å². The molecule has 6 heteroatoms. The topological polar surface area (TPSA) is 82.6 Å². The number of unbranched alkanes of at least 4 members (excludes halogenated alkanes) is 1. The molecular weight excluding hydrogens is 306 g/mol. The van der Waals surface area contributed by atoms with Crippen LogP contribution in [0.1, 0.15) is 40.5 Å². The van der Waals surface area contributed by atoms with Gasteiger partial charge in [0.2, 0.25) is 0 Å².